The summed E-state index contributed by atoms with van der Waals surface area (Å²) in [6, 6.07) is 19.3. The minimum absolute atomic E-state index is 0.0737. The maximum atomic E-state index is 12.4. The number of thiazole rings is 1. The second-order valence-corrected chi connectivity index (χ2v) is 7.88. The third-order valence-electron chi connectivity index (χ3n) is 3.88. The van der Waals surface area contributed by atoms with Crippen LogP contribution in [0.15, 0.2) is 65.7 Å². The molecule has 0 aliphatic rings. The van der Waals surface area contributed by atoms with Crippen LogP contribution in [0.5, 0.6) is 0 Å². The molecule has 0 bridgehead atoms. The van der Waals surface area contributed by atoms with Crippen LogP contribution in [0.2, 0.25) is 0 Å². The smallest absolute Gasteiger partial charge is 0.173 e. The molecule has 2 aromatic carbocycles. The molecule has 0 radical (unpaired) electrons. The molecule has 4 nitrogen and oxygen atoms in total. The SMILES string of the molecule is Cc1nc2c(SCC(=O)c3ccccc3)nnc(-c3ccccc3)c2s1. The lowest BCUT2D eigenvalue weighted by atomic mass is 10.1. The van der Waals surface area contributed by atoms with Crippen LogP contribution in [0.1, 0.15) is 15.4 Å². The summed E-state index contributed by atoms with van der Waals surface area (Å²) in [5.41, 5.74) is 3.39. The fourth-order valence-corrected chi connectivity index (χ4v) is 4.45. The van der Waals surface area contributed by atoms with E-state index in [0.29, 0.717) is 16.3 Å². The number of carbonyl (C=O) groups excluding carboxylic acids is 1. The fraction of sp³-hybridized carbons (Fsp3) is 0.100. The van der Waals surface area contributed by atoms with Crippen molar-refractivity contribution in [1.82, 2.24) is 15.2 Å². The number of nitrogens with zero attached hydrogens (tertiary/aromatic N) is 3. The second-order valence-electron chi connectivity index (χ2n) is 5.71. The zero-order chi connectivity index (χ0) is 17.9. The van der Waals surface area contributed by atoms with Crippen LogP contribution in [0.25, 0.3) is 21.5 Å². The van der Waals surface area contributed by atoms with Gasteiger partial charge < -0.3 is 0 Å². The van der Waals surface area contributed by atoms with E-state index in [2.05, 4.69) is 15.2 Å². The quantitative estimate of drug-likeness (QED) is 0.360. The van der Waals surface area contributed by atoms with Crippen molar-refractivity contribution in [1.29, 1.82) is 0 Å². The number of rotatable bonds is 5. The van der Waals surface area contributed by atoms with E-state index in [-0.39, 0.29) is 5.78 Å². The van der Waals surface area contributed by atoms with Crippen molar-refractivity contribution in [3.05, 3.63) is 71.2 Å². The van der Waals surface area contributed by atoms with Crippen LogP contribution in [-0.4, -0.2) is 26.7 Å². The summed E-state index contributed by atoms with van der Waals surface area (Å²) in [6.45, 7) is 1.98. The molecule has 0 saturated heterocycles. The largest absolute Gasteiger partial charge is 0.293 e. The summed E-state index contributed by atoms with van der Waals surface area (Å²) in [7, 11) is 0. The number of thioether (sulfide) groups is 1. The van der Waals surface area contributed by atoms with E-state index in [9.17, 15) is 4.79 Å². The van der Waals surface area contributed by atoms with Crippen molar-refractivity contribution >= 4 is 39.1 Å². The number of Topliss-reactive ketones (excluding diaryl/α,β-unsaturated/α-hetero) is 1. The second kappa shape index (κ2) is 7.35. The molecule has 0 unspecified atom stereocenters. The molecular weight excluding hydrogens is 362 g/mol. The van der Waals surface area contributed by atoms with Crippen molar-refractivity contribution < 1.29 is 4.79 Å². The van der Waals surface area contributed by atoms with Gasteiger partial charge in [0.1, 0.15) is 16.2 Å². The average molecular weight is 377 g/mol. The molecule has 4 rings (SSSR count). The van der Waals surface area contributed by atoms with E-state index in [1.807, 2.05) is 67.6 Å². The van der Waals surface area contributed by atoms with Gasteiger partial charge in [-0.3, -0.25) is 4.79 Å². The van der Waals surface area contributed by atoms with Gasteiger partial charge in [-0.15, -0.1) is 21.5 Å². The standard InChI is InChI=1S/C20H15N3OS2/c1-13-21-18-19(26-13)17(15-10-6-3-7-11-15)22-23-20(18)25-12-16(24)14-8-4-2-5-9-14/h2-11H,12H2,1H3. The van der Waals surface area contributed by atoms with Crippen molar-refractivity contribution in [2.24, 2.45) is 0 Å². The lowest BCUT2D eigenvalue weighted by molar-refractivity contribution is 0.102. The zero-order valence-corrected chi connectivity index (χ0v) is 15.7. The first-order chi connectivity index (χ1) is 12.7. The lowest BCUT2D eigenvalue weighted by Crippen LogP contribution is -2.03. The Hall–Kier alpha value is -2.57. The Morgan fingerprint density at radius 3 is 2.42 bits per heavy atom. The Bertz CT molecular complexity index is 1060. The lowest BCUT2D eigenvalue weighted by Gasteiger charge is -2.05. The number of hydrogen-bond donors (Lipinski definition) is 0. The number of fused-ring (bicyclic) bond motifs is 1. The predicted octanol–water partition coefficient (Wildman–Crippen LogP) is 5.04. The third kappa shape index (κ3) is 3.38. The van der Waals surface area contributed by atoms with Gasteiger partial charge in [-0.25, -0.2) is 4.98 Å². The maximum Gasteiger partial charge on any atom is 0.173 e. The van der Waals surface area contributed by atoms with Crippen LogP contribution in [-0.2, 0) is 0 Å². The van der Waals surface area contributed by atoms with E-state index in [0.717, 1.165) is 26.5 Å². The summed E-state index contributed by atoms with van der Waals surface area (Å²) >= 11 is 3.00. The van der Waals surface area contributed by atoms with E-state index in [1.165, 1.54) is 11.8 Å². The van der Waals surface area contributed by atoms with E-state index in [1.54, 1.807) is 11.3 Å². The number of aromatic nitrogens is 3. The average Bonchev–Trinajstić information content (AvgIpc) is 3.08. The van der Waals surface area contributed by atoms with E-state index in [4.69, 9.17) is 0 Å². The number of aryl methyl sites for hydroxylation is 1. The molecular formula is C20H15N3OS2. The highest BCUT2D eigenvalue weighted by atomic mass is 32.2. The topological polar surface area (TPSA) is 55.7 Å². The maximum absolute atomic E-state index is 12.4. The summed E-state index contributed by atoms with van der Waals surface area (Å²) in [6.07, 6.45) is 0. The minimum Gasteiger partial charge on any atom is -0.293 e. The summed E-state index contributed by atoms with van der Waals surface area (Å²) in [5.74, 6) is 0.388. The first kappa shape index (κ1) is 16.9. The summed E-state index contributed by atoms with van der Waals surface area (Å²) in [5, 5.41) is 10.5. The molecule has 0 aliphatic heterocycles. The van der Waals surface area contributed by atoms with Crippen molar-refractivity contribution in [2.45, 2.75) is 11.9 Å². The van der Waals surface area contributed by atoms with Gasteiger partial charge in [0, 0.05) is 11.1 Å². The molecule has 2 aromatic heterocycles. The number of ketones is 1. The molecule has 6 heteroatoms. The number of hydrogen-bond acceptors (Lipinski definition) is 6. The van der Waals surface area contributed by atoms with Crippen molar-refractivity contribution in [2.75, 3.05) is 5.75 Å². The van der Waals surface area contributed by atoms with Crippen LogP contribution >= 0.6 is 23.1 Å². The summed E-state index contributed by atoms with van der Waals surface area (Å²) < 4.78 is 1.01. The van der Waals surface area contributed by atoms with E-state index >= 15 is 0 Å². The first-order valence-electron chi connectivity index (χ1n) is 8.12. The highest BCUT2D eigenvalue weighted by Gasteiger charge is 2.17. The number of benzene rings is 2. The zero-order valence-electron chi connectivity index (χ0n) is 14.0. The number of carbonyl (C=O) groups is 1. The first-order valence-corrected chi connectivity index (χ1v) is 9.93. The van der Waals surface area contributed by atoms with Crippen LogP contribution in [0, 0.1) is 6.92 Å². The molecule has 4 aromatic rings. The van der Waals surface area contributed by atoms with Gasteiger partial charge in [-0.2, -0.15) is 0 Å². The predicted molar refractivity (Wildman–Crippen MR) is 107 cm³/mol. The molecule has 128 valence electrons. The Morgan fingerprint density at radius 2 is 1.69 bits per heavy atom. The summed E-state index contributed by atoms with van der Waals surface area (Å²) in [4.78, 5) is 17.0. The minimum atomic E-state index is 0.0737. The van der Waals surface area contributed by atoms with Gasteiger partial charge in [0.05, 0.1) is 15.5 Å². The highest BCUT2D eigenvalue weighted by molar-refractivity contribution is 8.00. The monoisotopic (exact) mass is 377 g/mol. The Morgan fingerprint density at radius 1 is 1.00 bits per heavy atom. The molecule has 0 N–H and O–H groups in total. The van der Waals surface area contributed by atoms with Gasteiger partial charge in [0.2, 0.25) is 0 Å². The Kier molecular flexibility index (Phi) is 4.77. The van der Waals surface area contributed by atoms with Crippen LogP contribution in [0.4, 0.5) is 0 Å². The van der Waals surface area contributed by atoms with Gasteiger partial charge in [0.15, 0.2) is 5.78 Å². The molecule has 0 aliphatic carbocycles. The molecule has 0 fully saturated rings. The molecule has 0 spiro atoms. The Balaban J connectivity index is 1.66. The third-order valence-corrected chi connectivity index (χ3v) is 5.81. The molecule has 26 heavy (non-hydrogen) atoms. The fourth-order valence-electron chi connectivity index (χ4n) is 2.64. The highest BCUT2D eigenvalue weighted by Crippen LogP contribution is 2.35. The van der Waals surface area contributed by atoms with Crippen molar-refractivity contribution in [3.8, 4) is 11.3 Å². The molecule has 0 amide bonds. The van der Waals surface area contributed by atoms with Gasteiger partial charge in [0.25, 0.3) is 0 Å². The molecule has 0 atom stereocenters. The van der Waals surface area contributed by atoms with Crippen LogP contribution < -0.4 is 0 Å². The Labute approximate surface area is 159 Å². The van der Waals surface area contributed by atoms with Gasteiger partial charge >= 0.3 is 0 Å². The van der Waals surface area contributed by atoms with Gasteiger partial charge in [-0.05, 0) is 6.92 Å². The van der Waals surface area contributed by atoms with Gasteiger partial charge in [-0.1, -0.05) is 72.4 Å². The normalized spacial score (nSPS) is 11.0. The van der Waals surface area contributed by atoms with Crippen LogP contribution in [0.3, 0.4) is 0 Å². The molecule has 0 saturated carbocycles. The molecule has 2 heterocycles. The van der Waals surface area contributed by atoms with Crippen molar-refractivity contribution in [3.63, 3.8) is 0 Å². The van der Waals surface area contributed by atoms with E-state index < -0.39 is 0 Å².